The minimum absolute atomic E-state index is 0.0854. The summed E-state index contributed by atoms with van der Waals surface area (Å²) in [5.41, 5.74) is 7.39. The van der Waals surface area contributed by atoms with Gasteiger partial charge < -0.3 is 4.74 Å². The summed E-state index contributed by atoms with van der Waals surface area (Å²) in [4.78, 5) is 24.5. The van der Waals surface area contributed by atoms with E-state index in [2.05, 4.69) is 22.5 Å². The minimum Gasteiger partial charge on any atom is -0.497 e. The normalized spacial score (nSPS) is 10.9. The molecule has 0 atom stereocenters. The quantitative estimate of drug-likeness (QED) is 0.405. The summed E-state index contributed by atoms with van der Waals surface area (Å²) in [6.45, 7) is 2.08. The van der Waals surface area contributed by atoms with Gasteiger partial charge in [0, 0.05) is 17.7 Å². The lowest BCUT2D eigenvalue weighted by Crippen LogP contribution is -2.41. The third kappa shape index (κ3) is 6.82. The van der Waals surface area contributed by atoms with Crippen molar-refractivity contribution in [1.29, 1.82) is 0 Å². The summed E-state index contributed by atoms with van der Waals surface area (Å²) >= 11 is 0. The maximum absolute atomic E-state index is 12.7. The number of carbonyl (C=O) groups excluding carboxylic acids is 2. The Kier molecular flexibility index (Phi) is 8.26. The van der Waals surface area contributed by atoms with Crippen LogP contribution in [0.2, 0.25) is 0 Å². The summed E-state index contributed by atoms with van der Waals surface area (Å²) in [5, 5.41) is 0. The van der Waals surface area contributed by atoms with Gasteiger partial charge in [-0.1, -0.05) is 37.3 Å². The maximum Gasteiger partial charge on any atom is 0.269 e. The third-order valence-electron chi connectivity index (χ3n) is 5.14. The van der Waals surface area contributed by atoms with E-state index in [-0.39, 0.29) is 22.8 Å². The topological polar surface area (TPSA) is 114 Å². The molecule has 0 aromatic heterocycles. The third-order valence-corrected chi connectivity index (χ3v) is 6.52. The molecule has 0 saturated heterocycles. The van der Waals surface area contributed by atoms with E-state index in [1.165, 1.54) is 36.9 Å². The molecule has 3 aromatic carbocycles. The lowest BCUT2D eigenvalue weighted by Gasteiger charge is -2.11. The minimum atomic E-state index is -3.92. The molecule has 8 nitrogen and oxygen atoms in total. The fourth-order valence-electron chi connectivity index (χ4n) is 3.14. The van der Waals surface area contributed by atoms with Crippen LogP contribution in [0.3, 0.4) is 0 Å². The first kappa shape index (κ1) is 24.8. The predicted molar refractivity (Wildman–Crippen MR) is 130 cm³/mol. The molecule has 9 heteroatoms. The molecule has 178 valence electrons. The van der Waals surface area contributed by atoms with Gasteiger partial charge in [-0.15, -0.1) is 0 Å². The first-order valence-corrected chi connectivity index (χ1v) is 12.2. The number of aryl methyl sites for hydroxylation is 2. The monoisotopic (exact) mass is 481 g/mol. The zero-order valence-corrected chi connectivity index (χ0v) is 19.8. The van der Waals surface area contributed by atoms with Gasteiger partial charge in [-0.05, 0) is 66.4 Å². The van der Waals surface area contributed by atoms with E-state index in [1.54, 1.807) is 24.3 Å². The number of hydrogen-bond acceptors (Lipinski definition) is 5. The Labute approximate surface area is 199 Å². The van der Waals surface area contributed by atoms with Crippen LogP contribution in [0.5, 0.6) is 5.75 Å². The van der Waals surface area contributed by atoms with Gasteiger partial charge in [0.15, 0.2) is 0 Å². The lowest BCUT2D eigenvalue weighted by atomic mass is 10.1. The number of ether oxygens (including phenoxy) is 1. The first-order valence-electron chi connectivity index (χ1n) is 10.7. The van der Waals surface area contributed by atoms with E-state index in [0.717, 1.165) is 12.0 Å². The smallest absolute Gasteiger partial charge is 0.269 e. The van der Waals surface area contributed by atoms with Crippen LogP contribution in [0.15, 0.2) is 77.7 Å². The number of hydrogen-bond donors (Lipinski definition) is 3. The van der Waals surface area contributed by atoms with E-state index in [9.17, 15) is 18.0 Å². The number of sulfonamides is 1. The number of hydrazine groups is 1. The molecule has 3 N–H and O–H groups in total. The van der Waals surface area contributed by atoms with Gasteiger partial charge in [-0.3, -0.25) is 25.2 Å². The Morgan fingerprint density at radius 2 is 1.56 bits per heavy atom. The fourth-order valence-corrected chi connectivity index (χ4v) is 4.24. The molecule has 0 radical (unpaired) electrons. The van der Waals surface area contributed by atoms with Crippen LogP contribution < -0.4 is 20.3 Å². The highest BCUT2D eigenvalue weighted by Gasteiger charge is 2.17. The highest BCUT2D eigenvalue weighted by atomic mass is 32.2. The van der Waals surface area contributed by atoms with Gasteiger partial charge in [-0.25, -0.2) is 8.42 Å². The zero-order chi connectivity index (χ0) is 24.6. The molecular weight excluding hydrogens is 454 g/mol. The van der Waals surface area contributed by atoms with Crippen molar-refractivity contribution in [2.45, 2.75) is 31.1 Å². The maximum atomic E-state index is 12.7. The summed E-state index contributed by atoms with van der Waals surface area (Å²) < 4.78 is 32.9. The average Bonchev–Trinajstić information content (AvgIpc) is 2.86. The summed E-state index contributed by atoms with van der Waals surface area (Å²) in [5.74, 6) is -0.377. The largest absolute Gasteiger partial charge is 0.497 e. The number of carbonyl (C=O) groups is 2. The summed E-state index contributed by atoms with van der Waals surface area (Å²) in [7, 11) is -2.41. The Balaban J connectivity index is 1.56. The number of benzene rings is 3. The SMILES string of the molecule is CCc1ccc(CCC(=O)NNC(=O)c2cccc(S(=O)(=O)Nc3ccc(OC)cc3)c2)cc1. The Morgan fingerprint density at radius 3 is 2.21 bits per heavy atom. The highest BCUT2D eigenvalue weighted by molar-refractivity contribution is 7.92. The van der Waals surface area contributed by atoms with Gasteiger partial charge in [0.2, 0.25) is 5.91 Å². The molecule has 3 rings (SSSR count). The van der Waals surface area contributed by atoms with E-state index >= 15 is 0 Å². The Hall–Kier alpha value is -3.85. The van der Waals surface area contributed by atoms with Crippen LogP contribution in [0.4, 0.5) is 5.69 Å². The lowest BCUT2D eigenvalue weighted by molar-refractivity contribution is -0.121. The number of methoxy groups -OCH3 is 1. The Bertz CT molecular complexity index is 1240. The van der Waals surface area contributed by atoms with Crippen molar-refractivity contribution in [3.05, 3.63) is 89.5 Å². The molecule has 0 saturated carbocycles. The number of amides is 2. The van der Waals surface area contributed by atoms with Crippen molar-refractivity contribution in [2.24, 2.45) is 0 Å². The molecule has 0 aliphatic carbocycles. The van der Waals surface area contributed by atoms with Crippen LogP contribution >= 0.6 is 0 Å². The molecular formula is C25H27N3O5S. The second kappa shape index (κ2) is 11.3. The molecule has 0 heterocycles. The molecule has 0 bridgehead atoms. The molecule has 0 aliphatic heterocycles. The standard InChI is InChI=1S/C25H27N3O5S/c1-3-18-7-9-19(10-8-18)11-16-24(29)26-27-25(30)20-5-4-6-23(17-20)34(31,32)28-21-12-14-22(33-2)15-13-21/h4-10,12-15,17,28H,3,11,16H2,1-2H3,(H,26,29)(H,27,30). The van der Waals surface area contributed by atoms with E-state index < -0.39 is 15.9 Å². The van der Waals surface area contributed by atoms with Crippen LogP contribution in [0.1, 0.15) is 34.8 Å². The first-order chi connectivity index (χ1) is 16.3. The average molecular weight is 482 g/mol. The molecule has 0 unspecified atom stereocenters. The van der Waals surface area contributed by atoms with Crippen molar-refractivity contribution in [1.82, 2.24) is 10.9 Å². The molecule has 0 fully saturated rings. The molecule has 3 aromatic rings. The molecule has 34 heavy (non-hydrogen) atoms. The van der Waals surface area contributed by atoms with Crippen molar-refractivity contribution in [3.63, 3.8) is 0 Å². The fraction of sp³-hybridized carbons (Fsp3) is 0.200. The second-order valence-corrected chi connectivity index (χ2v) is 9.22. The van der Waals surface area contributed by atoms with Crippen LogP contribution in [-0.4, -0.2) is 27.3 Å². The van der Waals surface area contributed by atoms with Crippen LogP contribution in [-0.2, 0) is 27.7 Å². The van der Waals surface area contributed by atoms with Gasteiger partial charge in [0.05, 0.1) is 12.0 Å². The summed E-state index contributed by atoms with van der Waals surface area (Å²) in [6, 6.07) is 20.0. The second-order valence-electron chi connectivity index (χ2n) is 7.53. The summed E-state index contributed by atoms with van der Waals surface area (Å²) in [6.07, 6.45) is 1.69. The van der Waals surface area contributed by atoms with Gasteiger partial charge in [-0.2, -0.15) is 0 Å². The van der Waals surface area contributed by atoms with E-state index in [4.69, 9.17) is 4.74 Å². The number of nitrogens with one attached hydrogen (secondary N) is 3. The molecule has 0 aliphatic rings. The van der Waals surface area contributed by atoms with Crippen molar-refractivity contribution >= 4 is 27.5 Å². The number of rotatable bonds is 9. The van der Waals surface area contributed by atoms with Crippen LogP contribution in [0, 0.1) is 0 Å². The number of anilines is 1. The van der Waals surface area contributed by atoms with Gasteiger partial charge in [0.1, 0.15) is 5.75 Å². The van der Waals surface area contributed by atoms with Gasteiger partial charge >= 0.3 is 0 Å². The zero-order valence-electron chi connectivity index (χ0n) is 19.0. The van der Waals surface area contributed by atoms with Crippen molar-refractivity contribution in [3.8, 4) is 5.75 Å². The van der Waals surface area contributed by atoms with Crippen LogP contribution in [0.25, 0.3) is 0 Å². The molecule has 2 amide bonds. The van der Waals surface area contributed by atoms with Crippen molar-refractivity contribution < 1.29 is 22.7 Å². The van der Waals surface area contributed by atoms with E-state index in [1.807, 2.05) is 24.3 Å². The molecule has 0 spiro atoms. The predicted octanol–water partition coefficient (Wildman–Crippen LogP) is 3.45. The van der Waals surface area contributed by atoms with E-state index in [0.29, 0.717) is 17.9 Å². The highest BCUT2D eigenvalue weighted by Crippen LogP contribution is 2.20. The Morgan fingerprint density at radius 1 is 0.882 bits per heavy atom. The van der Waals surface area contributed by atoms with Crippen molar-refractivity contribution in [2.75, 3.05) is 11.8 Å². The van der Waals surface area contributed by atoms with Gasteiger partial charge in [0.25, 0.3) is 15.9 Å².